The Hall–Kier alpha value is -2.27. The van der Waals surface area contributed by atoms with Gasteiger partial charge in [-0.05, 0) is 12.3 Å². The van der Waals surface area contributed by atoms with Gasteiger partial charge in [-0.3, -0.25) is 9.69 Å². The lowest BCUT2D eigenvalue weighted by Gasteiger charge is -2.32. The molecule has 5 heteroatoms. The van der Waals surface area contributed by atoms with Crippen molar-refractivity contribution >= 4 is 5.91 Å². The topological polar surface area (TPSA) is 49.3 Å². The van der Waals surface area contributed by atoms with Gasteiger partial charge in [0.25, 0.3) is 0 Å². The first-order chi connectivity index (χ1) is 11.7. The van der Waals surface area contributed by atoms with Gasteiger partial charge in [-0.15, -0.1) is 0 Å². The molecule has 2 aliphatic heterocycles. The normalized spacial score (nSPS) is 21.1. The maximum atomic E-state index is 11.6. The molecule has 1 fully saturated rings. The molecule has 0 N–H and O–H groups in total. The van der Waals surface area contributed by atoms with Gasteiger partial charge in [0.2, 0.25) is 5.91 Å². The first kappa shape index (κ1) is 15.3. The van der Waals surface area contributed by atoms with Gasteiger partial charge in [0.15, 0.2) is 5.82 Å². The van der Waals surface area contributed by atoms with Crippen molar-refractivity contribution in [2.45, 2.75) is 25.9 Å². The van der Waals surface area contributed by atoms with Crippen LogP contribution in [0.4, 0.5) is 0 Å². The number of likely N-dealkylation sites (tertiary alicyclic amines) is 1. The van der Waals surface area contributed by atoms with Gasteiger partial charge in [0, 0.05) is 57.0 Å². The summed E-state index contributed by atoms with van der Waals surface area (Å²) < 4.78 is 0. The number of nitrogens with zero attached hydrogens (tertiary/aromatic N) is 4. The Morgan fingerprint density at radius 1 is 1.21 bits per heavy atom. The predicted molar refractivity (Wildman–Crippen MR) is 91.9 cm³/mol. The molecule has 4 rings (SSSR count). The zero-order chi connectivity index (χ0) is 16.5. The monoisotopic (exact) mass is 322 g/mol. The highest BCUT2D eigenvalue weighted by molar-refractivity contribution is 5.76. The molecule has 124 valence electrons. The third-order valence-corrected chi connectivity index (χ3v) is 4.99. The molecular formula is C19H22N4O. The minimum Gasteiger partial charge on any atom is -0.345 e. The molecule has 0 bridgehead atoms. The summed E-state index contributed by atoms with van der Waals surface area (Å²) in [6.45, 7) is 3.69. The molecule has 0 saturated carbocycles. The van der Waals surface area contributed by atoms with Crippen LogP contribution in [0.5, 0.6) is 0 Å². The van der Waals surface area contributed by atoms with E-state index >= 15 is 0 Å². The van der Waals surface area contributed by atoms with Crippen LogP contribution in [0.1, 0.15) is 24.1 Å². The molecule has 0 aliphatic carbocycles. The molecule has 1 aromatic heterocycles. The minimum atomic E-state index is 0.273. The van der Waals surface area contributed by atoms with E-state index in [4.69, 9.17) is 4.98 Å². The number of fused-ring (bicyclic) bond motifs is 1. The van der Waals surface area contributed by atoms with E-state index in [0.717, 1.165) is 49.7 Å². The second-order valence-corrected chi connectivity index (χ2v) is 6.88. The Labute approximate surface area is 142 Å². The SMILES string of the molecule is CN1CC(CN2Cc3cnc(-c4ccccc4)nc3C2)CCC1=O. The van der Waals surface area contributed by atoms with E-state index in [-0.39, 0.29) is 5.91 Å². The number of carbonyl (C=O) groups excluding carboxylic acids is 1. The average molecular weight is 322 g/mol. The summed E-state index contributed by atoms with van der Waals surface area (Å²) >= 11 is 0. The maximum absolute atomic E-state index is 11.6. The molecule has 1 atom stereocenters. The van der Waals surface area contributed by atoms with Gasteiger partial charge >= 0.3 is 0 Å². The van der Waals surface area contributed by atoms with E-state index in [9.17, 15) is 4.79 Å². The molecule has 2 aliphatic rings. The second kappa shape index (κ2) is 6.32. The van der Waals surface area contributed by atoms with E-state index in [1.807, 2.05) is 48.5 Å². The largest absolute Gasteiger partial charge is 0.345 e. The highest BCUT2D eigenvalue weighted by Crippen LogP contribution is 2.26. The molecule has 24 heavy (non-hydrogen) atoms. The van der Waals surface area contributed by atoms with E-state index in [0.29, 0.717) is 12.3 Å². The predicted octanol–water partition coefficient (Wildman–Crippen LogP) is 2.33. The molecule has 1 unspecified atom stereocenters. The van der Waals surface area contributed by atoms with Crippen molar-refractivity contribution in [3.05, 3.63) is 47.8 Å². The average Bonchev–Trinajstić information content (AvgIpc) is 3.00. The van der Waals surface area contributed by atoms with Crippen LogP contribution in [0.15, 0.2) is 36.5 Å². The fourth-order valence-corrected chi connectivity index (χ4v) is 3.69. The van der Waals surface area contributed by atoms with Crippen LogP contribution >= 0.6 is 0 Å². The first-order valence-corrected chi connectivity index (χ1v) is 8.55. The van der Waals surface area contributed by atoms with Crippen LogP contribution in [0.25, 0.3) is 11.4 Å². The van der Waals surface area contributed by atoms with Crippen LogP contribution < -0.4 is 0 Å². The Bertz CT molecular complexity index is 746. The van der Waals surface area contributed by atoms with Gasteiger partial charge in [-0.25, -0.2) is 9.97 Å². The number of benzene rings is 1. The number of hydrogen-bond acceptors (Lipinski definition) is 4. The maximum Gasteiger partial charge on any atom is 0.222 e. The van der Waals surface area contributed by atoms with Crippen molar-refractivity contribution < 1.29 is 4.79 Å². The standard InChI is InChI=1S/C19H22N4O/c1-22-10-14(7-8-18(22)24)11-23-12-16-9-20-19(21-17(16)13-23)15-5-3-2-4-6-15/h2-6,9,14H,7-8,10-13H2,1H3. The van der Waals surface area contributed by atoms with Crippen molar-refractivity contribution in [3.63, 3.8) is 0 Å². The fraction of sp³-hybridized carbons (Fsp3) is 0.421. The fourth-order valence-electron chi connectivity index (χ4n) is 3.69. The number of carbonyl (C=O) groups is 1. The summed E-state index contributed by atoms with van der Waals surface area (Å²) in [6, 6.07) is 10.1. The molecule has 5 nitrogen and oxygen atoms in total. The molecule has 1 amide bonds. The van der Waals surface area contributed by atoms with Crippen LogP contribution in [0, 0.1) is 5.92 Å². The number of hydrogen-bond donors (Lipinski definition) is 0. The molecule has 2 aromatic rings. The Morgan fingerprint density at radius 3 is 2.83 bits per heavy atom. The summed E-state index contributed by atoms with van der Waals surface area (Å²) in [5.41, 5.74) is 3.44. The van der Waals surface area contributed by atoms with E-state index in [1.54, 1.807) is 0 Å². The summed E-state index contributed by atoms with van der Waals surface area (Å²) in [6.07, 6.45) is 3.65. The van der Waals surface area contributed by atoms with Gasteiger partial charge < -0.3 is 4.90 Å². The first-order valence-electron chi connectivity index (χ1n) is 8.55. The van der Waals surface area contributed by atoms with Gasteiger partial charge in [-0.1, -0.05) is 30.3 Å². The van der Waals surface area contributed by atoms with Crippen LogP contribution in [0.2, 0.25) is 0 Å². The number of amides is 1. The molecule has 0 spiro atoms. The van der Waals surface area contributed by atoms with Crippen LogP contribution in [-0.4, -0.2) is 45.8 Å². The lowest BCUT2D eigenvalue weighted by Crippen LogP contribution is -2.40. The van der Waals surface area contributed by atoms with Gasteiger partial charge in [0.1, 0.15) is 0 Å². The lowest BCUT2D eigenvalue weighted by molar-refractivity contribution is -0.133. The minimum absolute atomic E-state index is 0.273. The summed E-state index contributed by atoms with van der Waals surface area (Å²) in [5.74, 6) is 1.64. The summed E-state index contributed by atoms with van der Waals surface area (Å²) in [7, 11) is 1.91. The molecule has 3 heterocycles. The van der Waals surface area contributed by atoms with Crippen molar-refractivity contribution in [3.8, 4) is 11.4 Å². The Kier molecular flexibility index (Phi) is 4.02. The summed E-state index contributed by atoms with van der Waals surface area (Å²) in [5, 5.41) is 0. The summed E-state index contributed by atoms with van der Waals surface area (Å²) in [4.78, 5) is 25.2. The van der Waals surface area contributed by atoms with Gasteiger partial charge in [0.05, 0.1) is 5.69 Å². The number of rotatable bonds is 3. The Balaban J connectivity index is 1.44. The third kappa shape index (κ3) is 3.04. The van der Waals surface area contributed by atoms with Crippen molar-refractivity contribution in [2.75, 3.05) is 20.1 Å². The van der Waals surface area contributed by atoms with Crippen LogP contribution in [-0.2, 0) is 17.9 Å². The molecule has 1 aromatic carbocycles. The van der Waals surface area contributed by atoms with Crippen molar-refractivity contribution in [1.82, 2.24) is 19.8 Å². The van der Waals surface area contributed by atoms with E-state index in [2.05, 4.69) is 9.88 Å². The quantitative estimate of drug-likeness (QED) is 0.870. The van der Waals surface area contributed by atoms with Crippen molar-refractivity contribution in [1.29, 1.82) is 0 Å². The molecule has 0 radical (unpaired) electrons. The second-order valence-electron chi connectivity index (χ2n) is 6.88. The molecule has 1 saturated heterocycles. The van der Waals surface area contributed by atoms with E-state index < -0.39 is 0 Å². The third-order valence-electron chi connectivity index (χ3n) is 4.99. The Morgan fingerprint density at radius 2 is 2.04 bits per heavy atom. The highest BCUT2D eigenvalue weighted by Gasteiger charge is 2.28. The lowest BCUT2D eigenvalue weighted by atomic mass is 9.97. The highest BCUT2D eigenvalue weighted by atomic mass is 16.2. The zero-order valence-electron chi connectivity index (χ0n) is 14.0. The number of aromatic nitrogens is 2. The smallest absolute Gasteiger partial charge is 0.222 e. The van der Waals surface area contributed by atoms with Gasteiger partial charge in [-0.2, -0.15) is 0 Å². The zero-order valence-corrected chi connectivity index (χ0v) is 14.0. The van der Waals surface area contributed by atoms with E-state index in [1.165, 1.54) is 5.56 Å². The number of piperidine rings is 1. The van der Waals surface area contributed by atoms with Crippen LogP contribution in [0.3, 0.4) is 0 Å². The molecular weight excluding hydrogens is 300 g/mol. The van der Waals surface area contributed by atoms with Crippen molar-refractivity contribution in [2.24, 2.45) is 5.92 Å².